The van der Waals surface area contributed by atoms with Gasteiger partial charge in [-0.05, 0) is 69.3 Å². The van der Waals surface area contributed by atoms with Crippen molar-refractivity contribution in [1.29, 1.82) is 0 Å². The van der Waals surface area contributed by atoms with Crippen LogP contribution in [0.15, 0.2) is 48.5 Å². The summed E-state index contributed by atoms with van der Waals surface area (Å²) in [7, 11) is 0. The lowest BCUT2D eigenvalue weighted by molar-refractivity contribution is -0.265. The summed E-state index contributed by atoms with van der Waals surface area (Å²) in [6, 6.07) is 7.83. The first-order valence-electron chi connectivity index (χ1n) is 12.4. The topological polar surface area (TPSA) is 117 Å². The highest BCUT2D eigenvalue weighted by Gasteiger charge is 2.57. The third-order valence-corrected chi connectivity index (χ3v) is 6.48. The minimum Gasteiger partial charge on any atom is -0.432 e. The lowest BCUT2D eigenvalue weighted by Gasteiger charge is -2.32. The molecule has 4 rings (SSSR count). The largest absolute Gasteiger partial charge is 0.432 e. The van der Waals surface area contributed by atoms with Gasteiger partial charge in [0.15, 0.2) is 11.6 Å². The summed E-state index contributed by atoms with van der Waals surface area (Å²) in [6.45, 7) is -1.28. The van der Waals surface area contributed by atoms with Gasteiger partial charge in [0.25, 0.3) is 5.91 Å². The maximum atomic E-state index is 15.4. The Bertz CT molecular complexity index is 1680. The van der Waals surface area contributed by atoms with Crippen LogP contribution < -0.4 is 10.1 Å². The number of nitrogens with one attached hydrogen (secondary N) is 1. The molecule has 0 radical (unpaired) electrons. The first kappa shape index (κ1) is 31.6. The van der Waals surface area contributed by atoms with E-state index in [1.54, 1.807) is 0 Å². The van der Waals surface area contributed by atoms with Crippen LogP contribution >= 0.6 is 0 Å². The van der Waals surface area contributed by atoms with Crippen molar-refractivity contribution < 1.29 is 50.5 Å². The van der Waals surface area contributed by atoms with Gasteiger partial charge in [0.2, 0.25) is 5.60 Å². The van der Waals surface area contributed by atoms with Crippen LogP contribution in [0, 0.1) is 18.6 Å². The molecule has 0 aliphatic carbocycles. The molecule has 0 aliphatic heterocycles. The standard InChI is InChI=1S/C28H23F7N4O4/c1-13-23(43-25(31)32)17-10-15(6-9-19(17)39-38-13)24(40)36-12-27(42,28(33,34)35)20-11-18(26(2,3)41)21(30)22(37-20)14-4-7-16(29)8-5-14/h4-11,25,41-42H,12H2,1-3H3,(H,36,40). The van der Waals surface area contributed by atoms with Crippen molar-refractivity contribution in [2.45, 2.75) is 44.8 Å². The predicted molar refractivity (Wildman–Crippen MR) is 138 cm³/mol. The molecular weight excluding hydrogens is 589 g/mol. The maximum absolute atomic E-state index is 15.4. The van der Waals surface area contributed by atoms with Crippen LogP contribution in [-0.4, -0.2) is 50.6 Å². The van der Waals surface area contributed by atoms with E-state index in [1.165, 1.54) is 13.0 Å². The molecule has 43 heavy (non-hydrogen) atoms. The molecule has 0 bridgehead atoms. The van der Waals surface area contributed by atoms with Crippen LogP contribution in [0.4, 0.5) is 30.7 Å². The molecule has 0 aliphatic rings. The number of aryl methyl sites for hydroxylation is 1. The maximum Gasteiger partial charge on any atom is 0.424 e. The Kier molecular flexibility index (Phi) is 8.35. The van der Waals surface area contributed by atoms with E-state index in [4.69, 9.17) is 0 Å². The monoisotopic (exact) mass is 612 g/mol. The molecule has 0 fully saturated rings. The number of rotatable bonds is 8. The van der Waals surface area contributed by atoms with Gasteiger partial charge in [0.1, 0.15) is 17.2 Å². The van der Waals surface area contributed by atoms with E-state index in [0.29, 0.717) is 6.07 Å². The van der Waals surface area contributed by atoms with Crippen molar-refractivity contribution in [3.05, 3.63) is 82.7 Å². The number of aromatic nitrogens is 3. The number of carbonyl (C=O) groups excluding carboxylic acids is 1. The fraction of sp³-hybridized carbons (Fsp3) is 0.286. The Morgan fingerprint density at radius 1 is 1.00 bits per heavy atom. The molecule has 15 heteroatoms. The molecule has 1 unspecified atom stereocenters. The molecule has 1 amide bonds. The van der Waals surface area contributed by atoms with E-state index in [9.17, 15) is 41.4 Å². The van der Waals surface area contributed by atoms with Crippen LogP contribution in [0.5, 0.6) is 5.75 Å². The molecular formula is C28H23F7N4O4. The van der Waals surface area contributed by atoms with E-state index in [-0.39, 0.29) is 27.7 Å². The van der Waals surface area contributed by atoms with Gasteiger partial charge in [-0.2, -0.15) is 27.1 Å². The minimum absolute atomic E-state index is 0.0428. The molecule has 2 aromatic carbocycles. The lowest BCUT2D eigenvalue weighted by atomic mass is 9.90. The number of pyridine rings is 1. The summed E-state index contributed by atoms with van der Waals surface area (Å²) in [5, 5.41) is 30.8. The summed E-state index contributed by atoms with van der Waals surface area (Å²) < 4.78 is 103. The third-order valence-electron chi connectivity index (χ3n) is 6.48. The van der Waals surface area contributed by atoms with E-state index < -0.39 is 70.8 Å². The molecule has 1 atom stereocenters. The SMILES string of the molecule is Cc1nnc2ccc(C(=O)NCC(O)(c3cc(C(C)(C)O)c(F)c(-c4ccc(F)cc4)n3)C(F)(F)F)cc2c1OC(F)F. The van der Waals surface area contributed by atoms with Crippen molar-refractivity contribution in [1.82, 2.24) is 20.5 Å². The number of aliphatic hydroxyl groups is 2. The molecule has 4 aromatic rings. The molecule has 0 saturated heterocycles. The zero-order valence-electron chi connectivity index (χ0n) is 22.6. The van der Waals surface area contributed by atoms with Gasteiger partial charge >= 0.3 is 12.8 Å². The van der Waals surface area contributed by atoms with Crippen LogP contribution in [0.2, 0.25) is 0 Å². The Morgan fingerprint density at radius 3 is 2.23 bits per heavy atom. The predicted octanol–water partition coefficient (Wildman–Crippen LogP) is 5.29. The van der Waals surface area contributed by atoms with Gasteiger partial charge in [0.05, 0.1) is 23.4 Å². The molecule has 2 aromatic heterocycles. The zero-order valence-corrected chi connectivity index (χ0v) is 22.6. The molecule has 2 heterocycles. The second-order valence-electron chi connectivity index (χ2n) is 10.0. The second-order valence-corrected chi connectivity index (χ2v) is 10.0. The van der Waals surface area contributed by atoms with Gasteiger partial charge in [-0.1, -0.05) is 0 Å². The Labute approximate surface area is 239 Å². The molecule has 3 N–H and O–H groups in total. The van der Waals surface area contributed by atoms with Gasteiger partial charge < -0.3 is 20.3 Å². The molecule has 0 saturated carbocycles. The lowest BCUT2D eigenvalue weighted by Crippen LogP contribution is -2.51. The van der Waals surface area contributed by atoms with Gasteiger partial charge in [-0.3, -0.25) is 4.79 Å². The Hall–Kier alpha value is -4.37. The number of ether oxygens (including phenoxy) is 1. The normalized spacial score (nSPS) is 13.7. The number of carbonyl (C=O) groups is 1. The summed E-state index contributed by atoms with van der Waals surface area (Å²) in [6.07, 6.45) is -5.50. The van der Waals surface area contributed by atoms with Crippen molar-refractivity contribution in [2.75, 3.05) is 6.54 Å². The molecule has 0 spiro atoms. The second kappa shape index (κ2) is 11.4. The number of benzene rings is 2. The van der Waals surface area contributed by atoms with Crippen molar-refractivity contribution in [3.8, 4) is 17.0 Å². The van der Waals surface area contributed by atoms with Gasteiger partial charge in [-0.15, -0.1) is 5.10 Å². The number of halogens is 7. The number of nitrogens with zero attached hydrogens (tertiary/aromatic N) is 3. The van der Waals surface area contributed by atoms with E-state index >= 15 is 4.39 Å². The number of hydrogen-bond donors (Lipinski definition) is 3. The number of alkyl halides is 5. The highest BCUT2D eigenvalue weighted by molar-refractivity contribution is 5.99. The number of amides is 1. The van der Waals surface area contributed by atoms with Crippen molar-refractivity contribution in [2.24, 2.45) is 0 Å². The highest BCUT2D eigenvalue weighted by atomic mass is 19.4. The molecule has 8 nitrogen and oxygen atoms in total. The number of fused-ring (bicyclic) bond motifs is 1. The van der Waals surface area contributed by atoms with Crippen molar-refractivity contribution in [3.63, 3.8) is 0 Å². The van der Waals surface area contributed by atoms with Crippen molar-refractivity contribution >= 4 is 16.8 Å². The smallest absolute Gasteiger partial charge is 0.424 e. The fourth-order valence-corrected chi connectivity index (χ4v) is 4.19. The average molecular weight is 613 g/mol. The Balaban J connectivity index is 1.76. The van der Waals surface area contributed by atoms with Crippen LogP contribution in [-0.2, 0) is 11.2 Å². The van der Waals surface area contributed by atoms with E-state index in [0.717, 1.165) is 50.2 Å². The summed E-state index contributed by atoms with van der Waals surface area (Å²) in [5.41, 5.74) is -8.99. The first-order valence-corrected chi connectivity index (χ1v) is 12.4. The van der Waals surface area contributed by atoms with E-state index in [1.807, 2.05) is 5.32 Å². The number of hydrogen-bond acceptors (Lipinski definition) is 7. The van der Waals surface area contributed by atoms with E-state index in [2.05, 4.69) is 19.9 Å². The minimum atomic E-state index is -5.50. The van der Waals surface area contributed by atoms with Gasteiger partial charge in [0, 0.05) is 22.1 Å². The van der Waals surface area contributed by atoms with Gasteiger partial charge in [-0.25, -0.2) is 13.8 Å². The third kappa shape index (κ3) is 6.37. The highest BCUT2D eigenvalue weighted by Crippen LogP contribution is 2.41. The van der Waals surface area contributed by atoms with Crippen LogP contribution in [0.1, 0.15) is 41.2 Å². The summed E-state index contributed by atoms with van der Waals surface area (Å²) >= 11 is 0. The summed E-state index contributed by atoms with van der Waals surface area (Å²) in [5.74, 6) is -3.50. The Morgan fingerprint density at radius 2 is 1.65 bits per heavy atom. The zero-order chi connectivity index (χ0) is 31.9. The van der Waals surface area contributed by atoms with Crippen LogP contribution in [0.25, 0.3) is 22.2 Å². The summed E-state index contributed by atoms with van der Waals surface area (Å²) in [4.78, 5) is 16.6. The average Bonchev–Trinajstić information content (AvgIpc) is 2.92. The quantitative estimate of drug-likeness (QED) is 0.232. The molecule has 228 valence electrons. The van der Waals surface area contributed by atoms with Crippen LogP contribution in [0.3, 0.4) is 0 Å². The first-order chi connectivity index (χ1) is 19.9. The fourth-order valence-electron chi connectivity index (χ4n) is 4.19.